The van der Waals surface area contributed by atoms with E-state index in [4.69, 9.17) is 4.98 Å². The van der Waals surface area contributed by atoms with Gasteiger partial charge in [-0.3, -0.25) is 4.40 Å². The molecule has 1 fully saturated rings. The molecule has 1 atom stereocenters. The number of piperidine rings is 1. The van der Waals surface area contributed by atoms with Gasteiger partial charge in [0.15, 0.2) is 0 Å². The first-order chi connectivity index (χ1) is 8.25. The summed E-state index contributed by atoms with van der Waals surface area (Å²) < 4.78 is 2.18. The van der Waals surface area contributed by atoms with E-state index >= 15 is 0 Å². The third-order valence-corrected chi connectivity index (χ3v) is 3.46. The van der Waals surface area contributed by atoms with E-state index < -0.39 is 0 Å². The van der Waals surface area contributed by atoms with Crippen molar-refractivity contribution in [2.75, 3.05) is 6.54 Å². The minimum absolute atomic E-state index is 0.374. The molecular formula is C13H18N4. The summed E-state index contributed by atoms with van der Waals surface area (Å²) in [5.74, 6) is 2.14. The van der Waals surface area contributed by atoms with Gasteiger partial charge in [-0.05, 0) is 39.3 Å². The average Bonchev–Trinajstić information content (AvgIpc) is 2.71. The molecule has 1 saturated heterocycles. The van der Waals surface area contributed by atoms with Gasteiger partial charge in [0, 0.05) is 5.69 Å². The molecule has 3 rings (SSSR count). The highest BCUT2D eigenvalue weighted by atomic mass is 15.1. The lowest BCUT2D eigenvalue weighted by molar-refractivity contribution is 0.393. The fourth-order valence-corrected chi connectivity index (χ4v) is 2.64. The Kier molecular flexibility index (Phi) is 2.59. The Labute approximate surface area is 101 Å². The molecule has 4 nitrogen and oxygen atoms in total. The van der Waals surface area contributed by atoms with Gasteiger partial charge >= 0.3 is 0 Å². The summed E-state index contributed by atoms with van der Waals surface area (Å²) in [6.45, 7) is 5.18. The van der Waals surface area contributed by atoms with Gasteiger partial charge in [-0.15, -0.1) is 0 Å². The summed E-state index contributed by atoms with van der Waals surface area (Å²) in [6, 6.07) is 2.46. The molecule has 2 aromatic heterocycles. The van der Waals surface area contributed by atoms with Crippen LogP contribution in [-0.4, -0.2) is 20.9 Å². The maximum absolute atomic E-state index is 4.72. The van der Waals surface area contributed by atoms with Crippen molar-refractivity contribution in [3.8, 4) is 0 Å². The third kappa shape index (κ3) is 1.82. The van der Waals surface area contributed by atoms with Crippen LogP contribution >= 0.6 is 0 Å². The smallest absolute Gasteiger partial charge is 0.132 e. The van der Waals surface area contributed by atoms with E-state index in [1.165, 1.54) is 19.3 Å². The molecule has 0 bridgehead atoms. The molecule has 0 saturated carbocycles. The van der Waals surface area contributed by atoms with Crippen molar-refractivity contribution in [1.82, 2.24) is 19.7 Å². The Morgan fingerprint density at radius 2 is 2.24 bits per heavy atom. The van der Waals surface area contributed by atoms with Crippen molar-refractivity contribution in [2.24, 2.45) is 0 Å². The monoisotopic (exact) mass is 230 g/mol. The molecule has 0 spiro atoms. The summed E-state index contributed by atoms with van der Waals surface area (Å²) in [7, 11) is 0. The SMILES string of the molecule is Cc1cc2cnc(C)n2c(C2CCCCN2)n1. The van der Waals surface area contributed by atoms with E-state index in [9.17, 15) is 0 Å². The number of nitrogens with one attached hydrogen (secondary N) is 1. The number of hydrogen-bond donors (Lipinski definition) is 1. The number of hydrogen-bond acceptors (Lipinski definition) is 3. The lowest BCUT2D eigenvalue weighted by Gasteiger charge is -2.24. The van der Waals surface area contributed by atoms with E-state index in [-0.39, 0.29) is 0 Å². The molecule has 90 valence electrons. The number of nitrogens with zero attached hydrogens (tertiary/aromatic N) is 3. The zero-order chi connectivity index (χ0) is 11.8. The molecule has 3 heterocycles. The maximum atomic E-state index is 4.72. The number of imidazole rings is 1. The molecule has 4 heteroatoms. The number of aryl methyl sites for hydroxylation is 2. The van der Waals surface area contributed by atoms with Gasteiger partial charge in [-0.25, -0.2) is 9.97 Å². The van der Waals surface area contributed by atoms with Crippen LogP contribution in [0.5, 0.6) is 0 Å². The van der Waals surface area contributed by atoms with Crippen LogP contribution in [0, 0.1) is 13.8 Å². The fourth-order valence-electron chi connectivity index (χ4n) is 2.64. The van der Waals surface area contributed by atoms with Crippen LogP contribution < -0.4 is 5.32 Å². The van der Waals surface area contributed by atoms with Gasteiger partial charge < -0.3 is 5.32 Å². The Morgan fingerprint density at radius 3 is 3.00 bits per heavy atom. The first-order valence-corrected chi connectivity index (χ1v) is 6.31. The molecule has 2 aromatic rings. The fraction of sp³-hybridized carbons (Fsp3) is 0.538. The van der Waals surface area contributed by atoms with E-state index in [2.05, 4.69) is 27.7 Å². The van der Waals surface area contributed by atoms with Crippen molar-refractivity contribution >= 4 is 5.52 Å². The Hall–Kier alpha value is -1.42. The maximum Gasteiger partial charge on any atom is 0.132 e. The second-order valence-electron chi connectivity index (χ2n) is 4.82. The summed E-state index contributed by atoms with van der Waals surface area (Å²) in [5, 5.41) is 3.56. The molecule has 1 aliphatic heterocycles. The number of fused-ring (bicyclic) bond motifs is 1. The Balaban J connectivity index is 2.15. The molecule has 0 radical (unpaired) electrons. The molecular weight excluding hydrogens is 212 g/mol. The second-order valence-corrected chi connectivity index (χ2v) is 4.82. The Morgan fingerprint density at radius 1 is 1.35 bits per heavy atom. The lowest BCUT2D eigenvalue weighted by atomic mass is 10.0. The molecule has 1 unspecified atom stereocenters. The highest BCUT2D eigenvalue weighted by Gasteiger charge is 2.20. The van der Waals surface area contributed by atoms with Crippen LogP contribution in [0.4, 0.5) is 0 Å². The van der Waals surface area contributed by atoms with Crippen LogP contribution in [0.3, 0.4) is 0 Å². The number of rotatable bonds is 1. The summed E-state index contributed by atoms with van der Waals surface area (Å²) in [4.78, 5) is 9.11. The van der Waals surface area contributed by atoms with Crippen molar-refractivity contribution < 1.29 is 0 Å². The van der Waals surface area contributed by atoms with Crippen molar-refractivity contribution in [3.05, 3.63) is 29.6 Å². The molecule has 0 aliphatic carbocycles. The first-order valence-electron chi connectivity index (χ1n) is 6.31. The third-order valence-electron chi connectivity index (χ3n) is 3.46. The molecule has 17 heavy (non-hydrogen) atoms. The largest absolute Gasteiger partial charge is 0.307 e. The van der Waals surface area contributed by atoms with E-state index in [1.54, 1.807) is 0 Å². The molecule has 1 aliphatic rings. The van der Waals surface area contributed by atoms with Gasteiger partial charge in [-0.1, -0.05) is 6.42 Å². The van der Waals surface area contributed by atoms with Crippen LogP contribution in [0.2, 0.25) is 0 Å². The first kappa shape index (κ1) is 10.7. The highest BCUT2D eigenvalue weighted by molar-refractivity contribution is 5.47. The van der Waals surface area contributed by atoms with Crippen LogP contribution in [-0.2, 0) is 0 Å². The minimum Gasteiger partial charge on any atom is -0.307 e. The van der Waals surface area contributed by atoms with Gasteiger partial charge in [-0.2, -0.15) is 0 Å². The van der Waals surface area contributed by atoms with Crippen molar-refractivity contribution in [2.45, 2.75) is 39.2 Å². The van der Waals surface area contributed by atoms with E-state index in [1.807, 2.05) is 13.1 Å². The van der Waals surface area contributed by atoms with Crippen molar-refractivity contribution in [3.63, 3.8) is 0 Å². The van der Waals surface area contributed by atoms with Crippen molar-refractivity contribution in [1.29, 1.82) is 0 Å². The predicted molar refractivity (Wildman–Crippen MR) is 67.1 cm³/mol. The lowest BCUT2D eigenvalue weighted by Crippen LogP contribution is -2.29. The summed E-state index contributed by atoms with van der Waals surface area (Å²) in [5.41, 5.74) is 2.22. The second kappa shape index (κ2) is 4.11. The minimum atomic E-state index is 0.374. The number of aromatic nitrogens is 3. The highest BCUT2D eigenvalue weighted by Crippen LogP contribution is 2.23. The van der Waals surface area contributed by atoms with Crippen LogP contribution in [0.1, 0.15) is 42.6 Å². The van der Waals surface area contributed by atoms with Crippen LogP contribution in [0.15, 0.2) is 12.3 Å². The normalized spacial score (nSPS) is 20.9. The Bertz CT molecular complexity index is 538. The van der Waals surface area contributed by atoms with E-state index in [0.29, 0.717) is 6.04 Å². The van der Waals surface area contributed by atoms with Crippen LogP contribution in [0.25, 0.3) is 5.52 Å². The summed E-state index contributed by atoms with van der Waals surface area (Å²) >= 11 is 0. The topological polar surface area (TPSA) is 42.2 Å². The molecule has 1 N–H and O–H groups in total. The predicted octanol–water partition coefficient (Wildman–Crippen LogP) is 2.16. The summed E-state index contributed by atoms with van der Waals surface area (Å²) in [6.07, 6.45) is 5.65. The standard InChI is InChI=1S/C13H18N4/c1-9-7-11-8-15-10(2)17(11)13(16-9)12-5-3-4-6-14-12/h7-8,12,14H,3-6H2,1-2H3. The zero-order valence-corrected chi connectivity index (χ0v) is 10.4. The van der Waals surface area contributed by atoms with Gasteiger partial charge in [0.2, 0.25) is 0 Å². The average molecular weight is 230 g/mol. The zero-order valence-electron chi connectivity index (χ0n) is 10.4. The van der Waals surface area contributed by atoms with Gasteiger partial charge in [0.1, 0.15) is 11.6 Å². The van der Waals surface area contributed by atoms with Gasteiger partial charge in [0.05, 0.1) is 17.8 Å². The molecule has 0 aromatic carbocycles. The van der Waals surface area contributed by atoms with E-state index in [0.717, 1.165) is 29.4 Å². The molecule has 0 amide bonds. The quantitative estimate of drug-likeness (QED) is 0.816. The van der Waals surface area contributed by atoms with Gasteiger partial charge in [0.25, 0.3) is 0 Å².